The highest BCUT2D eigenvalue weighted by molar-refractivity contribution is 9.10. The summed E-state index contributed by atoms with van der Waals surface area (Å²) in [5.74, 6) is -0.378. The lowest BCUT2D eigenvalue weighted by molar-refractivity contribution is 0.0525. The summed E-state index contributed by atoms with van der Waals surface area (Å²) < 4.78 is 5.67. The standard InChI is InChI=1S/C12H12BrNO2/c1-3-10-8(7-14)5-9(13)6-11(10)12(15)16-4-2/h5-6H,3-4H2,1-2H3. The lowest BCUT2D eigenvalue weighted by Gasteiger charge is -2.09. The molecule has 0 unspecified atom stereocenters. The van der Waals surface area contributed by atoms with Crippen LogP contribution in [0, 0.1) is 11.3 Å². The first-order chi connectivity index (χ1) is 7.63. The summed E-state index contributed by atoms with van der Waals surface area (Å²) in [4.78, 5) is 11.7. The number of carbonyl (C=O) groups is 1. The molecule has 16 heavy (non-hydrogen) atoms. The fraction of sp³-hybridized carbons (Fsp3) is 0.333. The maximum Gasteiger partial charge on any atom is 0.338 e. The average Bonchev–Trinajstić information content (AvgIpc) is 2.28. The maximum atomic E-state index is 11.7. The van der Waals surface area contributed by atoms with E-state index in [4.69, 9.17) is 10.00 Å². The molecule has 0 saturated heterocycles. The van der Waals surface area contributed by atoms with Gasteiger partial charge < -0.3 is 4.74 Å². The molecule has 0 aliphatic carbocycles. The van der Waals surface area contributed by atoms with Crippen LogP contribution in [0.4, 0.5) is 0 Å². The molecule has 3 nitrogen and oxygen atoms in total. The van der Waals surface area contributed by atoms with E-state index < -0.39 is 0 Å². The van der Waals surface area contributed by atoms with Gasteiger partial charge in [0.15, 0.2) is 0 Å². The van der Waals surface area contributed by atoms with Gasteiger partial charge in [0.2, 0.25) is 0 Å². The molecular formula is C12H12BrNO2. The smallest absolute Gasteiger partial charge is 0.338 e. The Kier molecular flexibility index (Phi) is 4.51. The molecule has 0 aliphatic rings. The molecule has 0 aromatic heterocycles. The number of hydrogen-bond acceptors (Lipinski definition) is 3. The Labute approximate surface area is 103 Å². The van der Waals surface area contributed by atoms with Crippen LogP contribution in [-0.4, -0.2) is 12.6 Å². The summed E-state index contributed by atoms with van der Waals surface area (Å²) in [6.45, 7) is 4.00. The van der Waals surface area contributed by atoms with Crippen molar-refractivity contribution >= 4 is 21.9 Å². The van der Waals surface area contributed by atoms with Gasteiger partial charge in [0, 0.05) is 4.47 Å². The Morgan fingerprint density at radius 1 is 1.50 bits per heavy atom. The van der Waals surface area contributed by atoms with Crippen LogP contribution < -0.4 is 0 Å². The minimum Gasteiger partial charge on any atom is -0.462 e. The highest BCUT2D eigenvalue weighted by Gasteiger charge is 2.15. The lowest BCUT2D eigenvalue weighted by atomic mass is 9.99. The van der Waals surface area contributed by atoms with Crippen LogP contribution in [0.2, 0.25) is 0 Å². The van der Waals surface area contributed by atoms with Crippen LogP contribution in [0.3, 0.4) is 0 Å². The third-order valence-corrected chi connectivity index (χ3v) is 2.64. The van der Waals surface area contributed by atoms with Crippen molar-refractivity contribution in [2.45, 2.75) is 20.3 Å². The van der Waals surface area contributed by atoms with Gasteiger partial charge in [-0.15, -0.1) is 0 Å². The molecule has 0 atom stereocenters. The second-order valence-corrected chi connectivity index (χ2v) is 4.08. The summed E-state index contributed by atoms with van der Waals surface area (Å²) in [6.07, 6.45) is 0.629. The van der Waals surface area contributed by atoms with Crippen molar-refractivity contribution in [2.75, 3.05) is 6.61 Å². The van der Waals surface area contributed by atoms with Gasteiger partial charge in [-0.3, -0.25) is 0 Å². The van der Waals surface area contributed by atoms with Crippen molar-refractivity contribution in [1.29, 1.82) is 5.26 Å². The van der Waals surface area contributed by atoms with E-state index in [0.29, 0.717) is 28.6 Å². The normalized spacial score (nSPS) is 9.62. The van der Waals surface area contributed by atoms with Crippen LogP contribution in [0.25, 0.3) is 0 Å². The predicted molar refractivity (Wildman–Crippen MR) is 64.2 cm³/mol. The summed E-state index contributed by atoms with van der Waals surface area (Å²) in [7, 11) is 0. The number of esters is 1. The van der Waals surface area contributed by atoms with E-state index in [0.717, 1.165) is 5.56 Å². The van der Waals surface area contributed by atoms with Crippen molar-refractivity contribution in [3.8, 4) is 6.07 Å². The molecule has 1 aromatic rings. The second-order valence-electron chi connectivity index (χ2n) is 3.17. The molecule has 1 rings (SSSR count). The molecule has 0 heterocycles. The van der Waals surface area contributed by atoms with Gasteiger partial charge in [-0.25, -0.2) is 4.79 Å². The monoisotopic (exact) mass is 281 g/mol. The molecule has 0 N–H and O–H groups in total. The Bertz CT molecular complexity index is 449. The van der Waals surface area contributed by atoms with Gasteiger partial charge in [0.25, 0.3) is 0 Å². The lowest BCUT2D eigenvalue weighted by Crippen LogP contribution is -2.09. The number of hydrogen-bond donors (Lipinski definition) is 0. The maximum absolute atomic E-state index is 11.7. The Morgan fingerprint density at radius 3 is 2.69 bits per heavy atom. The zero-order chi connectivity index (χ0) is 12.1. The molecule has 0 amide bonds. The van der Waals surface area contributed by atoms with Gasteiger partial charge in [0.1, 0.15) is 0 Å². The highest BCUT2D eigenvalue weighted by Crippen LogP contribution is 2.22. The number of benzene rings is 1. The van der Waals surface area contributed by atoms with Crippen LogP contribution >= 0.6 is 15.9 Å². The van der Waals surface area contributed by atoms with Crippen molar-refractivity contribution in [3.05, 3.63) is 33.3 Å². The summed E-state index contributed by atoms with van der Waals surface area (Å²) in [6, 6.07) is 5.49. The molecule has 4 heteroatoms. The summed E-state index contributed by atoms with van der Waals surface area (Å²) in [5, 5.41) is 8.99. The molecule has 0 radical (unpaired) electrons. The predicted octanol–water partition coefficient (Wildman–Crippen LogP) is 3.06. The minimum atomic E-state index is -0.378. The van der Waals surface area contributed by atoms with E-state index in [-0.39, 0.29) is 5.97 Å². The van der Waals surface area contributed by atoms with Crippen molar-refractivity contribution in [2.24, 2.45) is 0 Å². The third kappa shape index (κ3) is 2.61. The SMILES string of the molecule is CCOC(=O)c1cc(Br)cc(C#N)c1CC. The largest absolute Gasteiger partial charge is 0.462 e. The van der Waals surface area contributed by atoms with Gasteiger partial charge in [-0.05, 0) is 31.0 Å². The first-order valence-electron chi connectivity index (χ1n) is 5.03. The molecule has 1 aromatic carbocycles. The van der Waals surface area contributed by atoms with Gasteiger partial charge >= 0.3 is 5.97 Å². The third-order valence-electron chi connectivity index (χ3n) is 2.18. The Hall–Kier alpha value is -1.34. The van der Waals surface area contributed by atoms with E-state index in [1.54, 1.807) is 19.1 Å². The molecule has 0 spiro atoms. The van der Waals surface area contributed by atoms with E-state index in [2.05, 4.69) is 22.0 Å². The highest BCUT2D eigenvalue weighted by atomic mass is 79.9. The first-order valence-corrected chi connectivity index (χ1v) is 5.82. The fourth-order valence-electron chi connectivity index (χ4n) is 1.51. The number of carbonyl (C=O) groups excluding carboxylic acids is 1. The van der Waals surface area contributed by atoms with Crippen molar-refractivity contribution < 1.29 is 9.53 Å². The molecule has 0 aliphatic heterocycles. The number of rotatable bonds is 3. The zero-order valence-electron chi connectivity index (χ0n) is 9.21. The molecule has 84 valence electrons. The van der Waals surface area contributed by atoms with Crippen LogP contribution in [-0.2, 0) is 11.2 Å². The Morgan fingerprint density at radius 2 is 2.19 bits per heavy atom. The summed E-state index contributed by atoms with van der Waals surface area (Å²) >= 11 is 3.28. The van der Waals surface area contributed by atoms with E-state index in [1.165, 1.54) is 0 Å². The quantitative estimate of drug-likeness (QED) is 0.800. The van der Waals surface area contributed by atoms with E-state index in [9.17, 15) is 4.79 Å². The molecule has 0 saturated carbocycles. The number of nitrogens with zero attached hydrogens (tertiary/aromatic N) is 1. The average molecular weight is 282 g/mol. The van der Waals surface area contributed by atoms with Crippen LogP contribution in [0.15, 0.2) is 16.6 Å². The minimum absolute atomic E-state index is 0.330. The van der Waals surface area contributed by atoms with Crippen LogP contribution in [0.5, 0.6) is 0 Å². The second kappa shape index (κ2) is 5.66. The zero-order valence-corrected chi connectivity index (χ0v) is 10.8. The van der Waals surface area contributed by atoms with Gasteiger partial charge in [-0.1, -0.05) is 22.9 Å². The Balaban J connectivity index is 3.32. The van der Waals surface area contributed by atoms with Crippen molar-refractivity contribution in [3.63, 3.8) is 0 Å². The number of ether oxygens (including phenoxy) is 1. The molecule has 0 fully saturated rings. The molecule has 0 bridgehead atoms. The van der Waals surface area contributed by atoms with Gasteiger partial charge in [0.05, 0.1) is 23.8 Å². The van der Waals surface area contributed by atoms with Crippen LogP contribution in [0.1, 0.15) is 35.3 Å². The van der Waals surface area contributed by atoms with Crippen molar-refractivity contribution in [1.82, 2.24) is 0 Å². The first kappa shape index (κ1) is 12.7. The number of halogens is 1. The number of nitriles is 1. The van der Waals surface area contributed by atoms with E-state index >= 15 is 0 Å². The van der Waals surface area contributed by atoms with E-state index in [1.807, 2.05) is 6.92 Å². The van der Waals surface area contributed by atoms with Gasteiger partial charge in [-0.2, -0.15) is 5.26 Å². The fourth-order valence-corrected chi connectivity index (χ4v) is 1.97. The topological polar surface area (TPSA) is 50.1 Å². The molecular weight excluding hydrogens is 270 g/mol. The summed E-state index contributed by atoms with van der Waals surface area (Å²) in [5.41, 5.74) is 1.72.